The van der Waals surface area contributed by atoms with Gasteiger partial charge in [0.25, 0.3) is 5.91 Å². The summed E-state index contributed by atoms with van der Waals surface area (Å²) in [4.78, 5) is 30.0. The lowest BCUT2D eigenvalue weighted by molar-refractivity contribution is 0.102. The van der Waals surface area contributed by atoms with Gasteiger partial charge >= 0.3 is 0 Å². The molecule has 2 aromatic heterocycles. The van der Waals surface area contributed by atoms with E-state index in [0.29, 0.717) is 23.3 Å². The number of piperazine rings is 1. The second kappa shape index (κ2) is 9.23. The number of likely N-dealkylation sites (N-methyl/N-ethyl adjacent to an activating group) is 1. The summed E-state index contributed by atoms with van der Waals surface area (Å²) in [6.45, 7) is 4.08. The van der Waals surface area contributed by atoms with E-state index in [4.69, 9.17) is 0 Å². The maximum atomic E-state index is 13.5. The number of H-pyrrole nitrogens is 1. The number of amides is 1. The van der Waals surface area contributed by atoms with Gasteiger partial charge < -0.3 is 24.7 Å². The minimum absolute atomic E-state index is 0.262. The first kappa shape index (κ1) is 22.5. The molecule has 1 aliphatic carbocycles. The first-order valence-electron chi connectivity index (χ1n) is 12.3. The molecule has 6 rings (SSSR count). The zero-order chi connectivity index (χ0) is 24.6. The number of halogens is 1. The van der Waals surface area contributed by atoms with E-state index in [0.717, 1.165) is 61.7 Å². The standard InChI is InChI=1S/C27H28FN7O/c1-33-12-14-34(15-13-33)21-8-6-20(7-9-21)31-27(36)23-16-29-26(32-23)25-24(18-2-4-19(28)5-3-18)30-17-35(25)22-10-11-22/h2-9,16-17,22H,10-15H2,1H3,(H,29,32)(H,31,36). The number of hydrogen-bond acceptors (Lipinski definition) is 5. The molecule has 1 aliphatic heterocycles. The third-order valence-corrected chi connectivity index (χ3v) is 6.89. The molecule has 8 nitrogen and oxygen atoms in total. The molecule has 2 fully saturated rings. The van der Waals surface area contributed by atoms with Crippen molar-refractivity contribution in [1.82, 2.24) is 24.4 Å². The molecule has 1 amide bonds. The predicted molar refractivity (Wildman–Crippen MR) is 138 cm³/mol. The lowest BCUT2D eigenvalue weighted by Gasteiger charge is -2.34. The fourth-order valence-corrected chi connectivity index (χ4v) is 4.62. The highest BCUT2D eigenvalue weighted by Gasteiger charge is 2.29. The number of aromatic amines is 1. The van der Waals surface area contributed by atoms with Crippen molar-refractivity contribution >= 4 is 17.3 Å². The van der Waals surface area contributed by atoms with Crippen molar-refractivity contribution in [2.45, 2.75) is 18.9 Å². The molecule has 0 spiro atoms. The van der Waals surface area contributed by atoms with Crippen LogP contribution in [0.2, 0.25) is 0 Å². The molecule has 0 bridgehead atoms. The predicted octanol–water partition coefficient (Wildman–Crippen LogP) is 4.42. The number of hydrogen-bond donors (Lipinski definition) is 2. The van der Waals surface area contributed by atoms with Crippen molar-refractivity contribution in [3.05, 3.63) is 72.6 Å². The van der Waals surface area contributed by atoms with Gasteiger partial charge in [0, 0.05) is 49.2 Å². The molecule has 2 aliphatic rings. The van der Waals surface area contributed by atoms with Gasteiger partial charge in [-0.2, -0.15) is 0 Å². The molecule has 4 aromatic rings. The molecule has 0 unspecified atom stereocenters. The summed E-state index contributed by atoms with van der Waals surface area (Å²) in [5.74, 6) is 0.00616. The minimum Gasteiger partial charge on any atom is -0.369 e. The number of nitrogens with zero attached hydrogens (tertiary/aromatic N) is 5. The average Bonchev–Trinajstić information content (AvgIpc) is 3.45. The molecule has 2 aromatic carbocycles. The third-order valence-electron chi connectivity index (χ3n) is 6.89. The van der Waals surface area contributed by atoms with Gasteiger partial charge in [-0.1, -0.05) is 0 Å². The number of carbonyl (C=O) groups excluding carboxylic acids is 1. The van der Waals surface area contributed by atoms with Gasteiger partial charge in [0.1, 0.15) is 17.2 Å². The van der Waals surface area contributed by atoms with E-state index in [1.165, 1.54) is 12.1 Å². The fourth-order valence-electron chi connectivity index (χ4n) is 4.62. The Morgan fingerprint density at radius 3 is 2.42 bits per heavy atom. The largest absolute Gasteiger partial charge is 0.369 e. The molecule has 3 heterocycles. The number of anilines is 2. The number of aromatic nitrogens is 4. The summed E-state index contributed by atoms with van der Waals surface area (Å²) >= 11 is 0. The zero-order valence-corrected chi connectivity index (χ0v) is 20.1. The number of carbonyl (C=O) groups is 1. The van der Waals surface area contributed by atoms with Crippen molar-refractivity contribution in [1.29, 1.82) is 0 Å². The summed E-state index contributed by atoms with van der Waals surface area (Å²) in [6, 6.07) is 14.6. The average molecular weight is 486 g/mol. The first-order chi connectivity index (χ1) is 17.5. The van der Waals surface area contributed by atoms with E-state index in [1.54, 1.807) is 24.7 Å². The summed E-state index contributed by atoms with van der Waals surface area (Å²) in [5, 5.41) is 2.96. The van der Waals surface area contributed by atoms with Gasteiger partial charge in [-0.25, -0.2) is 14.4 Å². The highest BCUT2D eigenvalue weighted by atomic mass is 19.1. The molecule has 0 radical (unpaired) electrons. The Kier molecular flexibility index (Phi) is 5.77. The molecule has 184 valence electrons. The molecular weight excluding hydrogens is 457 g/mol. The van der Waals surface area contributed by atoms with Crippen LogP contribution < -0.4 is 10.2 Å². The van der Waals surface area contributed by atoms with Crippen LogP contribution in [0.3, 0.4) is 0 Å². The number of imidazole rings is 2. The van der Waals surface area contributed by atoms with E-state index in [-0.39, 0.29) is 11.7 Å². The van der Waals surface area contributed by atoms with Crippen LogP contribution in [0.4, 0.5) is 15.8 Å². The van der Waals surface area contributed by atoms with Crippen LogP contribution in [0, 0.1) is 5.82 Å². The normalized spacial score (nSPS) is 16.3. The van der Waals surface area contributed by atoms with Crippen molar-refractivity contribution in [3.63, 3.8) is 0 Å². The molecule has 1 saturated heterocycles. The Balaban J connectivity index is 1.21. The van der Waals surface area contributed by atoms with Crippen LogP contribution in [-0.4, -0.2) is 63.6 Å². The second-order valence-electron chi connectivity index (χ2n) is 9.52. The second-order valence-corrected chi connectivity index (χ2v) is 9.52. The Morgan fingerprint density at radius 1 is 1.00 bits per heavy atom. The summed E-state index contributed by atoms with van der Waals surface area (Å²) in [5.41, 5.74) is 4.56. The van der Waals surface area contributed by atoms with Crippen molar-refractivity contribution in [3.8, 4) is 22.8 Å². The van der Waals surface area contributed by atoms with E-state index in [1.807, 2.05) is 24.3 Å². The quantitative estimate of drug-likeness (QED) is 0.423. The van der Waals surface area contributed by atoms with Crippen LogP contribution in [0.5, 0.6) is 0 Å². The van der Waals surface area contributed by atoms with E-state index in [2.05, 4.69) is 41.7 Å². The van der Waals surface area contributed by atoms with Crippen LogP contribution in [0.25, 0.3) is 22.8 Å². The van der Waals surface area contributed by atoms with Gasteiger partial charge in [-0.3, -0.25) is 4.79 Å². The van der Waals surface area contributed by atoms with E-state index >= 15 is 0 Å². The monoisotopic (exact) mass is 485 g/mol. The van der Waals surface area contributed by atoms with Gasteiger partial charge in [0.2, 0.25) is 0 Å². The topological polar surface area (TPSA) is 82.1 Å². The highest BCUT2D eigenvalue weighted by molar-refractivity contribution is 6.03. The fraction of sp³-hybridized carbons (Fsp3) is 0.296. The van der Waals surface area contributed by atoms with Crippen LogP contribution in [-0.2, 0) is 0 Å². The lowest BCUT2D eigenvalue weighted by Crippen LogP contribution is -2.44. The van der Waals surface area contributed by atoms with E-state index < -0.39 is 0 Å². The number of rotatable bonds is 6. The Bertz CT molecular complexity index is 1360. The Morgan fingerprint density at radius 2 is 1.72 bits per heavy atom. The number of nitrogens with one attached hydrogen (secondary N) is 2. The van der Waals surface area contributed by atoms with E-state index in [9.17, 15) is 9.18 Å². The Hall–Kier alpha value is -3.98. The summed E-state index contributed by atoms with van der Waals surface area (Å²) in [6.07, 6.45) is 5.49. The third kappa shape index (κ3) is 4.49. The van der Waals surface area contributed by atoms with Crippen molar-refractivity contribution < 1.29 is 9.18 Å². The van der Waals surface area contributed by atoms with Crippen LogP contribution in [0.15, 0.2) is 61.1 Å². The van der Waals surface area contributed by atoms with Gasteiger partial charge in [-0.05, 0) is 68.4 Å². The lowest BCUT2D eigenvalue weighted by atomic mass is 10.1. The van der Waals surface area contributed by atoms with Crippen LogP contribution >= 0.6 is 0 Å². The van der Waals surface area contributed by atoms with Crippen molar-refractivity contribution in [2.75, 3.05) is 43.4 Å². The van der Waals surface area contributed by atoms with Gasteiger partial charge in [0.15, 0.2) is 5.82 Å². The molecule has 36 heavy (non-hydrogen) atoms. The van der Waals surface area contributed by atoms with Gasteiger partial charge in [-0.15, -0.1) is 0 Å². The molecular formula is C27H28FN7O. The number of benzene rings is 2. The molecule has 9 heteroatoms. The van der Waals surface area contributed by atoms with Gasteiger partial charge in [0.05, 0.1) is 18.2 Å². The van der Waals surface area contributed by atoms with Crippen LogP contribution in [0.1, 0.15) is 29.4 Å². The SMILES string of the molecule is CN1CCN(c2ccc(NC(=O)c3cnc(-c4c(-c5ccc(F)cc5)ncn4C4CC4)[nH]3)cc2)CC1. The maximum absolute atomic E-state index is 13.5. The molecule has 1 saturated carbocycles. The highest BCUT2D eigenvalue weighted by Crippen LogP contribution is 2.41. The summed E-state index contributed by atoms with van der Waals surface area (Å²) < 4.78 is 15.6. The Labute approximate surface area is 208 Å². The van der Waals surface area contributed by atoms with Crippen molar-refractivity contribution in [2.24, 2.45) is 0 Å². The summed E-state index contributed by atoms with van der Waals surface area (Å²) in [7, 11) is 2.14. The first-order valence-corrected chi connectivity index (χ1v) is 12.3. The minimum atomic E-state index is -0.296. The molecule has 2 N–H and O–H groups in total. The zero-order valence-electron chi connectivity index (χ0n) is 20.1. The molecule has 0 atom stereocenters. The smallest absolute Gasteiger partial charge is 0.273 e. The maximum Gasteiger partial charge on any atom is 0.273 e.